The summed E-state index contributed by atoms with van der Waals surface area (Å²) in [6, 6.07) is 2.14. The van der Waals surface area contributed by atoms with Gasteiger partial charge in [0.15, 0.2) is 5.13 Å². The number of anilines is 1. The SMILES string of the molecule is Cc1nc(NC(=O)Cn2c(C)c([N+](=O)[O-])ccc2=O)sc1C(=O)OCC(C)C. The highest BCUT2D eigenvalue weighted by molar-refractivity contribution is 7.17. The van der Waals surface area contributed by atoms with Gasteiger partial charge in [-0.05, 0) is 19.8 Å². The van der Waals surface area contributed by atoms with Crippen LogP contribution in [0.15, 0.2) is 16.9 Å². The second-order valence-corrected chi connectivity index (χ2v) is 7.46. The maximum Gasteiger partial charge on any atom is 0.350 e. The zero-order valence-electron chi connectivity index (χ0n) is 15.8. The van der Waals surface area contributed by atoms with E-state index in [1.165, 1.54) is 6.92 Å². The number of hydrogen-bond acceptors (Lipinski definition) is 8. The van der Waals surface area contributed by atoms with Crippen LogP contribution in [-0.4, -0.2) is 33.0 Å². The van der Waals surface area contributed by atoms with E-state index in [1.807, 2.05) is 13.8 Å². The number of ether oxygens (including phenoxy) is 1. The molecular formula is C17H20N4O6S. The monoisotopic (exact) mass is 408 g/mol. The van der Waals surface area contributed by atoms with Crippen molar-refractivity contribution in [2.45, 2.75) is 34.2 Å². The van der Waals surface area contributed by atoms with Crippen molar-refractivity contribution in [2.24, 2.45) is 5.92 Å². The van der Waals surface area contributed by atoms with Crippen molar-refractivity contribution in [3.05, 3.63) is 48.9 Å². The Bertz CT molecular complexity index is 979. The van der Waals surface area contributed by atoms with E-state index in [-0.39, 0.29) is 33.9 Å². The van der Waals surface area contributed by atoms with Crippen LogP contribution in [0, 0.1) is 29.9 Å². The maximum absolute atomic E-state index is 12.3. The van der Waals surface area contributed by atoms with Gasteiger partial charge in [-0.1, -0.05) is 25.2 Å². The minimum atomic E-state index is -0.623. The van der Waals surface area contributed by atoms with Crippen LogP contribution in [0.1, 0.15) is 34.9 Å². The number of amides is 1. The number of aryl methyl sites for hydroxylation is 1. The van der Waals surface area contributed by atoms with Gasteiger partial charge >= 0.3 is 5.97 Å². The Kier molecular flexibility index (Phi) is 6.62. The summed E-state index contributed by atoms with van der Waals surface area (Å²) < 4.78 is 6.17. The summed E-state index contributed by atoms with van der Waals surface area (Å²) in [5, 5.41) is 13.7. The Morgan fingerprint density at radius 3 is 2.64 bits per heavy atom. The topological polar surface area (TPSA) is 133 Å². The van der Waals surface area contributed by atoms with Gasteiger partial charge in [0, 0.05) is 12.1 Å². The zero-order valence-corrected chi connectivity index (χ0v) is 16.7. The lowest BCUT2D eigenvalue weighted by molar-refractivity contribution is -0.386. The Morgan fingerprint density at radius 1 is 1.36 bits per heavy atom. The standard InChI is InChI=1S/C17H20N4O6S/c1-9(2)8-27-16(24)15-10(3)18-17(28-15)19-13(22)7-20-11(4)12(21(25)26)5-6-14(20)23/h5-6,9H,7-8H2,1-4H3,(H,18,19,22). The van der Waals surface area contributed by atoms with Gasteiger partial charge in [0.2, 0.25) is 5.91 Å². The summed E-state index contributed by atoms with van der Waals surface area (Å²) in [6.07, 6.45) is 0. The summed E-state index contributed by atoms with van der Waals surface area (Å²) in [6.45, 7) is 6.69. The molecule has 0 bridgehead atoms. The number of aromatic nitrogens is 2. The molecule has 0 saturated heterocycles. The van der Waals surface area contributed by atoms with Crippen LogP contribution in [0.2, 0.25) is 0 Å². The molecule has 28 heavy (non-hydrogen) atoms. The minimum Gasteiger partial charge on any atom is -0.461 e. The number of carbonyl (C=O) groups is 2. The Morgan fingerprint density at radius 2 is 2.04 bits per heavy atom. The molecule has 1 N–H and O–H groups in total. The third kappa shape index (κ3) is 5.00. The first-order valence-electron chi connectivity index (χ1n) is 8.39. The molecule has 0 radical (unpaired) electrons. The summed E-state index contributed by atoms with van der Waals surface area (Å²) in [5.41, 5.74) is -0.308. The van der Waals surface area contributed by atoms with Gasteiger partial charge < -0.3 is 10.1 Å². The van der Waals surface area contributed by atoms with Gasteiger partial charge in [0.1, 0.15) is 11.4 Å². The van der Waals surface area contributed by atoms with Crippen molar-refractivity contribution in [1.29, 1.82) is 0 Å². The fourth-order valence-electron chi connectivity index (χ4n) is 2.30. The summed E-state index contributed by atoms with van der Waals surface area (Å²) >= 11 is 0.961. The molecule has 2 aromatic rings. The number of thiazole rings is 1. The van der Waals surface area contributed by atoms with Crippen LogP contribution < -0.4 is 10.9 Å². The fraction of sp³-hybridized carbons (Fsp3) is 0.412. The number of nitro groups is 1. The lowest BCUT2D eigenvalue weighted by atomic mass is 10.2. The average molecular weight is 408 g/mol. The number of hydrogen-bond donors (Lipinski definition) is 1. The first-order valence-corrected chi connectivity index (χ1v) is 9.21. The largest absolute Gasteiger partial charge is 0.461 e. The van der Waals surface area contributed by atoms with Crippen molar-refractivity contribution in [3.63, 3.8) is 0 Å². The highest BCUT2D eigenvalue weighted by Gasteiger charge is 2.20. The second-order valence-electron chi connectivity index (χ2n) is 6.46. The summed E-state index contributed by atoms with van der Waals surface area (Å²) in [4.78, 5) is 51.1. The maximum atomic E-state index is 12.3. The first-order chi connectivity index (χ1) is 13.1. The molecule has 0 saturated carbocycles. The molecule has 11 heteroatoms. The fourth-order valence-corrected chi connectivity index (χ4v) is 3.18. The third-order valence-electron chi connectivity index (χ3n) is 3.70. The number of nitrogens with one attached hydrogen (secondary N) is 1. The summed E-state index contributed by atoms with van der Waals surface area (Å²) in [7, 11) is 0. The van der Waals surface area contributed by atoms with E-state index in [2.05, 4.69) is 10.3 Å². The smallest absolute Gasteiger partial charge is 0.350 e. The van der Waals surface area contributed by atoms with E-state index < -0.39 is 28.9 Å². The van der Waals surface area contributed by atoms with Crippen molar-refractivity contribution in [1.82, 2.24) is 9.55 Å². The van der Waals surface area contributed by atoms with Crippen LogP contribution >= 0.6 is 11.3 Å². The second kappa shape index (κ2) is 8.74. The molecule has 0 aromatic carbocycles. The molecule has 0 unspecified atom stereocenters. The van der Waals surface area contributed by atoms with Crippen LogP contribution in [0.25, 0.3) is 0 Å². The van der Waals surface area contributed by atoms with Crippen molar-refractivity contribution < 1.29 is 19.2 Å². The molecule has 2 heterocycles. The highest BCUT2D eigenvalue weighted by Crippen LogP contribution is 2.24. The van der Waals surface area contributed by atoms with Crippen molar-refractivity contribution in [2.75, 3.05) is 11.9 Å². The summed E-state index contributed by atoms with van der Waals surface area (Å²) in [5.74, 6) is -0.927. The predicted molar refractivity (Wildman–Crippen MR) is 103 cm³/mol. The quantitative estimate of drug-likeness (QED) is 0.422. The zero-order chi connectivity index (χ0) is 21.0. The van der Waals surface area contributed by atoms with Crippen molar-refractivity contribution >= 4 is 34.0 Å². The van der Waals surface area contributed by atoms with E-state index in [0.717, 1.165) is 28.0 Å². The van der Waals surface area contributed by atoms with Crippen LogP contribution in [0.5, 0.6) is 0 Å². The molecule has 2 rings (SSSR count). The molecule has 10 nitrogen and oxygen atoms in total. The molecule has 2 aromatic heterocycles. The predicted octanol–water partition coefficient (Wildman–Crippen LogP) is 2.28. The van der Waals surface area contributed by atoms with E-state index >= 15 is 0 Å². The normalized spacial score (nSPS) is 10.8. The molecule has 0 aliphatic heterocycles. The van der Waals surface area contributed by atoms with Gasteiger partial charge in [0.25, 0.3) is 11.2 Å². The molecule has 0 fully saturated rings. The number of rotatable bonds is 7. The van der Waals surface area contributed by atoms with Gasteiger partial charge in [-0.3, -0.25) is 24.3 Å². The van der Waals surface area contributed by atoms with E-state index in [9.17, 15) is 24.5 Å². The Labute approximate surface area is 164 Å². The minimum absolute atomic E-state index is 0.0703. The highest BCUT2D eigenvalue weighted by atomic mass is 32.1. The molecular weight excluding hydrogens is 388 g/mol. The van der Waals surface area contributed by atoms with Gasteiger partial charge in [-0.15, -0.1) is 0 Å². The Balaban J connectivity index is 2.14. The first kappa shape index (κ1) is 21.2. The number of pyridine rings is 1. The Hall–Kier alpha value is -3.08. The van der Waals surface area contributed by atoms with Crippen LogP contribution in [0.4, 0.5) is 10.8 Å². The van der Waals surface area contributed by atoms with Gasteiger partial charge in [-0.2, -0.15) is 0 Å². The molecule has 0 aliphatic carbocycles. The van der Waals surface area contributed by atoms with Crippen molar-refractivity contribution in [3.8, 4) is 0 Å². The average Bonchev–Trinajstić information content (AvgIpc) is 2.96. The molecule has 0 aliphatic rings. The number of nitrogens with zero attached hydrogens (tertiary/aromatic N) is 3. The molecule has 150 valence electrons. The van der Waals surface area contributed by atoms with Crippen LogP contribution in [-0.2, 0) is 16.1 Å². The lowest BCUT2D eigenvalue weighted by Crippen LogP contribution is -2.29. The van der Waals surface area contributed by atoms with Crippen LogP contribution in [0.3, 0.4) is 0 Å². The van der Waals surface area contributed by atoms with Gasteiger partial charge in [-0.25, -0.2) is 9.78 Å². The third-order valence-corrected chi connectivity index (χ3v) is 4.75. The number of esters is 1. The van der Waals surface area contributed by atoms with E-state index in [4.69, 9.17) is 4.74 Å². The molecule has 0 atom stereocenters. The lowest BCUT2D eigenvalue weighted by Gasteiger charge is -2.09. The number of carbonyl (C=O) groups excluding carboxylic acids is 2. The van der Waals surface area contributed by atoms with Gasteiger partial charge in [0.05, 0.1) is 22.9 Å². The van der Waals surface area contributed by atoms with E-state index in [1.54, 1.807) is 6.92 Å². The molecule has 0 spiro atoms. The van der Waals surface area contributed by atoms with E-state index in [0.29, 0.717) is 5.69 Å². The molecule has 1 amide bonds.